The zero-order valence-corrected chi connectivity index (χ0v) is 58.5. The molecule has 0 aliphatic rings. The topological polar surface area (TPSA) is 473 Å². The molecule has 39 nitrogen and oxygen atoms in total. The molecule has 8 rings (SSSR count). The Kier molecular flexibility index (Phi) is 25.2. The SMILES string of the molecule is CC(=O)Nc1ccc(C(=O)Nc2cn(C)c(C(=O)NCCC(=O)Nc3cn(C)c(C(=O)Nc4cn(C)c(C(=O)NCCCC(=O)Nc5cc(C(=O)Nc6cc(C(=O)NCCC(=O)Nc7cc(C(=O)Nc8cn(C)c(C(=O)NCCC(=O)NCCCN(C)C)n8)n(C)c7)n(C)c6)n(C)c5)n4)n3)n2)n1C. The van der Waals surface area contributed by atoms with Crippen LogP contribution in [0.2, 0.25) is 0 Å². The van der Waals surface area contributed by atoms with Gasteiger partial charge in [-0.2, -0.15) is 0 Å². The zero-order chi connectivity index (χ0) is 74.9. The van der Waals surface area contributed by atoms with Crippen LogP contribution in [0, 0.1) is 0 Å². The fourth-order valence-electron chi connectivity index (χ4n) is 10.3. The monoisotopic (exact) mass is 1420 g/mol. The van der Waals surface area contributed by atoms with Gasteiger partial charge < -0.3 is 111 Å². The standard InChI is InChI=1S/C64H82N26O13/c1-36(91)70-48-16-15-40(90(48)11)58(97)79-45-33-86(7)55(76-45)63(102)69-24-19-52(95)74-44-32-89(10)56(75-44)64(103)81-47-35-88(9)53(78-47)61(100)66-20-12-14-50(93)71-37-26-42(84(5)29-37)59(98)73-39-28-41(83(4)31-39)57(96)67-23-18-51(94)72-38-27-43(85(6)30-38)60(99)80-46-34-87(8)54(77-46)62(101)68-22-17-49(92)65-21-13-25-82(2)3/h15-16,26-35H,12-14,17-25H2,1-11H3,(H,65,92)(H,66,100)(H,67,96)(H,68,101)(H,69,102)(H,70,91)(H,71,93)(H,72,94)(H,73,98)(H,74,95)(H,79,97)(H,80,99)(H,81,103). The van der Waals surface area contributed by atoms with Gasteiger partial charge in [0.1, 0.15) is 28.6 Å². The maximum atomic E-state index is 13.4. The molecule has 39 heteroatoms. The molecular weight excluding hydrogens is 1340 g/mol. The minimum absolute atomic E-state index is 0.0134. The Hall–Kier alpha value is -13.0. The van der Waals surface area contributed by atoms with Crippen molar-refractivity contribution in [1.29, 1.82) is 0 Å². The highest BCUT2D eigenvalue weighted by molar-refractivity contribution is 6.08. The quantitative estimate of drug-likeness (QED) is 0.0253. The second-order valence-corrected chi connectivity index (χ2v) is 24.1. The van der Waals surface area contributed by atoms with E-state index in [1.54, 1.807) is 55.4 Å². The van der Waals surface area contributed by atoms with E-state index in [1.807, 2.05) is 19.0 Å². The van der Waals surface area contributed by atoms with Gasteiger partial charge in [-0.3, -0.25) is 62.3 Å². The highest BCUT2D eigenvalue weighted by Gasteiger charge is 2.25. The molecule has 546 valence electrons. The predicted molar refractivity (Wildman–Crippen MR) is 375 cm³/mol. The van der Waals surface area contributed by atoms with E-state index < -0.39 is 65.0 Å². The average Bonchev–Trinajstić information content (AvgIpc) is 1.70. The number of rotatable bonds is 33. The number of carbonyl (C=O) groups is 13. The number of aryl methyl sites for hydroxylation is 7. The lowest BCUT2D eigenvalue weighted by Crippen LogP contribution is -2.32. The van der Waals surface area contributed by atoms with Crippen molar-refractivity contribution in [1.82, 2.24) is 88.0 Å². The first-order valence-corrected chi connectivity index (χ1v) is 32.1. The Morgan fingerprint density at radius 3 is 1.17 bits per heavy atom. The maximum Gasteiger partial charge on any atom is 0.292 e. The van der Waals surface area contributed by atoms with E-state index in [2.05, 4.69) is 89.1 Å². The molecule has 0 unspecified atom stereocenters. The van der Waals surface area contributed by atoms with Crippen LogP contribution in [0.25, 0.3) is 0 Å². The van der Waals surface area contributed by atoms with Gasteiger partial charge in [0.25, 0.3) is 47.3 Å². The summed E-state index contributed by atoms with van der Waals surface area (Å²) >= 11 is 0. The van der Waals surface area contributed by atoms with Crippen LogP contribution in [0.3, 0.4) is 0 Å². The van der Waals surface area contributed by atoms with Crippen molar-refractivity contribution < 1.29 is 62.3 Å². The second kappa shape index (κ2) is 34.2. The van der Waals surface area contributed by atoms with Crippen LogP contribution in [0.5, 0.6) is 0 Å². The van der Waals surface area contributed by atoms with Gasteiger partial charge in [0.15, 0.2) is 23.3 Å². The van der Waals surface area contributed by atoms with Gasteiger partial charge in [-0.25, -0.2) is 19.9 Å². The minimum Gasteiger partial charge on any atom is -0.356 e. The lowest BCUT2D eigenvalue weighted by Gasteiger charge is -2.10. The second-order valence-electron chi connectivity index (χ2n) is 24.1. The Morgan fingerprint density at radius 1 is 0.340 bits per heavy atom. The van der Waals surface area contributed by atoms with Crippen LogP contribution in [0.15, 0.2) is 73.7 Å². The van der Waals surface area contributed by atoms with Gasteiger partial charge in [0, 0.05) is 165 Å². The number of aromatic nitrogens is 12. The number of imidazole rings is 4. The van der Waals surface area contributed by atoms with Crippen LogP contribution in [-0.4, -0.2) is 192 Å². The number of carbonyl (C=O) groups excluding carboxylic acids is 13. The Morgan fingerprint density at radius 2 is 0.699 bits per heavy atom. The van der Waals surface area contributed by atoms with Gasteiger partial charge in [0.05, 0.1) is 17.1 Å². The Bertz CT molecular complexity index is 4560. The molecule has 0 aliphatic heterocycles. The van der Waals surface area contributed by atoms with Crippen molar-refractivity contribution in [2.24, 2.45) is 56.4 Å². The van der Waals surface area contributed by atoms with Gasteiger partial charge in [-0.15, -0.1) is 0 Å². The van der Waals surface area contributed by atoms with Crippen LogP contribution >= 0.6 is 0 Å². The maximum absolute atomic E-state index is 13.4. The molecule has 0 radical (unpaired) electrons. The van der Waals surface area contributed by atoms with Crippen molar-refractivity contribution >= 4 is 123 Å². The summed E-state index contributed by atoms with van der Waals surface area (Å²) in [7, 11) is 16.5. The predicted octanol–water partition coefficient (Wildman–Crippen LogP) is 0.796. The third-order valence-electron chi connectivity index (χ3n) is 15.4. The lowest BCUT2D eigenvalue weighted by atomic mass is 10.3. The summed E-state index contributed by atoms with van der Waals surface area (Å²) in [6, 6.07) is 7.46. The molecule has 8 aromatic rings. The Balaban J connectivity index is 0.700. The summed E-state index contributed by atoms with van der Waals surface area (Å²) in [6.07, 6.45) is 11.1. The molecule has 0 spiro atoms. The minimum atomic E-state index is -0.713. The van der Waals surface area contributed by atoms with E-state index in [1.165, 1.54) is 118 Å². The molecule has 0 fully saturated rings. The molecule has 0 aromatic carbocycles. The van der Waals surface area contributed by atoms with E-state index >= 15 is 0 Å². The van der Waals surface area contributed by atoms with Crippen molar-refractivity contribution in [2.75, 3.05) is 95.9 Å². The smallest absolute Gasteiger partial charge is 0.292 e. The number of hydrogen-bond acceptors (Lipinski definition) is 18. The molecule has 8 aromatic heterocycles. The summed E-state index contributed by atoms with van der Waals surface area (Å²) in [5.74, 6) is -6.09. The largest absolute Gasteiger partial charge is 0.356 e. The summed E-state index contributed by atoms with van der Waals surface area (Å²) in [5, 5.41) is 34.7. The van der Waals surface area contributed by atoms with Gasteiger partial charge >= 0.3 is 0 Å². The van der Waals surface area contributed by atoms with Crippen molar-refractivity contribution in [3.8, 4) is 0 Å². The average molecular weight is 1420 g/mol. The molecule has 0 saturated carbocycles. The summed E-state index contributed by atoms with van der Waals surface area (Å²) in [5.41, 5.74) is 1.65. The molecule has 13 N–H and O–H groups in total. The molecular formula is C64H82N26O13. The van der Waals surface area contributed by atoms with E-state index in [4.69, 9.17) is 0 Å². The van der Waals surface area contributed by atoms with Crippen LogP contribution in [-0.2, 0) is 80.4 Å². The number of amides is 13. The molecule has 0 atom stereocenters. The van der Waals surface area contributed by atoms with Gasteiger partial charge in [-0.1, -0.05) is 0 Å². The van der Waals surface area contributed by atoms with Crippen LogP contribution in [0.1, 0.15) is 130 Å². The third-order valence-corrected chi connectivity index (χ3v) is 15.4. The molecule has 103 heavy (non-hydrogen) atoms. The van der Waals surface area contributed by atoms with E-state index in [0.717, 1.165) is 13.0 Å². The van der Waals surface area contributed by atoms with E-state index in [0.29, 0.717) is 23.7 Å². The van der Waals surface area contributed by atoms with Crippen molar-refractivity contribution in [2.45, 2.75) is 45.4 Å². The first-order chi connectivity index (χ1) is 48.9. The van der Waals surface area contributed by atoms with Crippen molar-refractivity contribution in [3.05, 3.63) is 120 Å². The first-order valence-electron chi connectivity index (χ1n) is 32.1. The summed E-state index contributed by atoms with van der Waals surface area (Å²) < 4.78 is 11.6. The number of hydrogen-bond donors (Lipinski definition) is 13. The summed E-state index contributed by atoms with van der Waals surface area (Å²) in [4.78, 5) is 186. The van der Waals surface area contributed by atoms with Crippen LogP contribution < -0.4 is 69.1 Å². The van der Waals surface area contributed by atoms with Crippen LogP contribution in [0.4, 0.5) is 46.2 Å². The summed E-state index contributed by atoms with van der Waals surface area (Å²) in [6.45, 7) is 2.69. The van der Waals surface area contributed by atoms with Crippen molar-refractivity contribution in [3.63, 3.8) is 0 Å². The lowest BCUT2D eigenvalue weighted by molar-refractivity contribution is -0.121. The number of anilines is 8. The fourth-order valence-corrected chi connectivity index (χ4v) is 10.3. The molecule has 0 bridgehead atoms. The van der Waals surface area contributed by atoms with Gasteiger partial charge in [-0.05, 0) is 63.8 Å². The molecule has 13 amide bonds. The third kappa shape index (κ3) is 20.8. The normalized spacial score (nSPS) is 11.0. The molecule has 0 aliphatic carbocycles. The fraction of sp³-hybridized carbons (Fsp3) is 0.359. The molecule has 8 heterocycles. The first kappa shape index (κ1) is 75.8. The number of nitrogens with one attached hydrogen (secondary N) is 13. The Labute approximate surface area is 588 Å². The highest BCUT2D eigenvalue weighted by atomic mass is 16.2. The zero-order valence-electron chi connectivity index (χ0n) is 58.5. The number of nitrogens with zero attached hydrogens (tertiary/aromatic N) is 13. The molecule has 0 saturated heterocycles. The van der Waals surface area contributed by atoms with E-state index in [9.17, 15) is 62.3 Å². The van der Waals surface area contributed by atoms with Gasteiger partial charge in [0.2, 0.25) is 52.8 Å². The van der Waals surface area contributed by atoms with E-state index in [-0.39, 0.29) is 145 Å². The highest BCUT2D eigenvalue weighted by Crippen LogP contribution is 2.21.